The van der Waals surface area contributed by atoms with Crippen LogP contribution in [0, 0.1) is 5.82 Å². The van der Waals surface area contributed by atoms with Crippen molar-refractivity contribution in [1.29, 1.82) is 0 Å². The second-order valence-electron chi connectivity index (χ2n) is 3.08. The Bertz CT molecular complexity index is 528. The van der Waals surface area contributed by atoms with Gasteiger partial charge in [-0.05, 0) is 6.07 Å². The lowest BCUT2D eigenvalue weighted by Gasteiger charge is -2.06. The highest BCUT2D eigenvalue weighted by molar-refractivity contribution is 6.34. The molecule has 0 radical (unpaired) electrons. The van der Waals surface area contributed by atoms with E-state index in [4.69, 9.17) is 26.6 Å². The Balaban J connectivity index is 2.60. The number of benzene rings is 1. The van der Waals surface area contributed by atoms with Crippen molar-refractivity contribution >= 4 is 17.5 Å². The molecule has 0 aliphatic rings. The predicted octanol–water partition coefficient (Wildman–Crippen LogP) is 2.72. The van der Waals surface area contributed by atoms with Crippen LogP contribution in [0.25, 0.3) is 11.3 Å². The summed E-state index contributed by atoms with van der Waals surface area (Å²) < 4.78 is 22.9. The maximum absolute atomic E-state index is 13.3. The number of nitrogens with two attached hydrogens (primary N) is 1. The van der Waals surface area contributed by atoms with Gasteiger partial charge in [-0.2, -0.15) is 0 Å². The van der Waals surface area contributed by atoms with Crippen LogP contribution < -0.4 is 10.5 Å². The lowest BCUT2D eigenvalue weighted by atomic mass is 10.1. The summed E-state index contributed by atoms with van der Waals surface area (Å²) in [5, 5.41) is 3.92. The van der Waals surface area contributed by atoms with Crippen molar-refractivity contribution in [3.8, 4) is 17.0 Å². The van der Waals surface area contributed by atoms with Crippen LogP contribution in [-0.4, -0.2) is 12.3 Å². The first-order valence-electron chi connectivity index (χ1n) is 4.37. The summed E-state index contributed by atoms with van der Waals surface area (Å²) in [4.78, 5) is 0. The molecule has 1 aromatic heterocycles. The molecule has 2 rings (SSSR count). The summed E-state index contributed by atoms with van der Waals surface area (Å²) in [6.45, 7) is 0. The maximum atomic E-state index is 13.3. The molecule has 4 nitrogen and oxygen atoms in total. The molecule has 0 saturated heterocycles. The molecule has 2 aromatic rings. The molecular formula is C10H8ClFN2O2. The van der Waals surface area contributed by atoms with Crippen molar-refractivity contribution < 1.29 is 13.7 Å². The minimum Gasteiger partial charge on any atom is -0.495 e. The molecule has 1 heterocycles. The minimum atomic E-state index is -0.474. The molecule has 0 aliphatic heterocycles. The van der Waals surface area contributed by atoms with Crippen LogP contribution in [0.4, 0.5) is 10.3 Å². The number of ether oxygens (including phenoxy) is 1. The normalized spacial score (nSPS) is 10.4. The number of aromatic nitrogens is 1. The molecular weight excluding hydrogens is 235 g/mol. The molecule has 0 unspecified atom stereocenters. The van der Waals surface area contributed by atoms with Gasteiger partial charge in [-0.25, -0.2) is 4.39 Å². The average Bonchev–Trinajstić information content (AvgIpc) is 2.67. The van der Waals surface area contributed by atoms with Gasteiger partial charge in [0.1, 0.15) is 17.3 Å². The molecule has 2 N–H and O–H groups in total. The van der Waals surface area contributed by atoms with Crippen molar-refractivity contribution in [2.24, 2.45) is 0 Å². The summed E-state index contributed by atoms with van der Waals surface area (Å²) in [6, 6.07) is 3.89. The van der Waals surface area contributed by atoms with Gasteiger partial charge < -0.3 is 15.0 Å². The molecule has 0 fully saturated rings. The van der Waals surface area contributed by atoms with E-state index in [-0.39, 0.29) is 16.7 Å². The Morgan fingerprint density at radius 3 is 2.75 bits per heavy atom. The zero-order chi connectivity index (χ0) is 11.7. The molecule has 0 bridgehead atoms. The van der Waals surface area contributed by atoms with Crippen LogP contribution in [0.15, 0.2) is 22.7 Å². The predicted molar refractivity (Wildman–Crippen MR) is 57.9 cm³/mol. The number of nitrogens with zero attached hydrogens (tertiary/aromatic N) is 1. The van der Waals surface area contributed by atoms with Gasteiger partial charge in [-0.15, -0.1) is 0 Å². The van der Waals surface area contributed by atoms with Crippen LogP contribution in [0.2, 0.25) is 5.02 Å². The Kier molecular flexibility index (Phi) is 2.70. The fourth-order valence-electron chi connectivity index (χ4n) is 1.32. The number of hydrogen-bond acceptors (Lipinski definition) is 4. The maximum Gasteiger partial charge on any atom is 0.222 e. The lowest BCUT2D eigenvalue weighted by molar-refractivity contribution is 0.411. The second kappa shape index (κ2) is 4.02. The van der Waals surface area contributed by atoms with E-state index in [1.165, 1.54) is 25.3 Å². The molecule has 0 amide bonds. The van der Waals surface area contributed by atoms with Crippen LogP contribution in [0.3, 0.4) is 0 Å². The summed E-state index contributed by atoms with van der Waals surface area (Å²) >= 11 is 6.01. The molecule has 16 heavy (non-hydrogen) atoms. The number of methoxy groups -OCH3 is 1. The molecule has 0 spiro atoms. The van der Waals surface area contributed by atoms with Gasteiger partial charge in [-0.3, -0.25) is 0 Å². The Morgan fingerprint density at radius 2 is 2.19 bits per heavy atom. The molecule has 0 aliphatic carbocycles. The van der Waals surface area contributed by atoms with Crippen molar-refractivity contribution in [3.05, 3.63) is 29.0 Å². The third-order valence-electron chi connectivity index (χ3n) is 2.03. The first-order chi connectivity index (χ1) is 7.61. The number of hydrogen-bond donors (Lipinski definition) is 1. The molecule has 6 heteroatoms. The third-order valence-corrected chi connectivity index (χ3v) is 2.42. The fourth-order valence-corrected chi connectivity index (χ4v) is 1.60. The summed E-state index contributed by atoms with van der Waals surface area (Å²) in [5.74, 6) is -0.106. The van der Waals surface area contributed by atoms with E-state index in [1.54, 1.807) is 0 Å². The number of anilines is 1. The molecule has 1 aromatic carbocycles. The van der Waals surface area contributed by atoms with Crippen molar-refractivity contribution in [3.63, 3.8) is 0 Å². The highest BCUT2D eigenvalue weighted by Crippen LogP contribution is 2.36. The van der Waals surface area contributed by atoms with Crippen LogP contribution in [-0.2, 0) is 0 Å². The number of nitrogen functional groups attached to an aromatic ring is 1. The number of halogens is 2. The first kappa shape index (κ1) is 10.8. The standard InChI is InChI=1S/C10H8ClFN2O2/c1-15-8-3-5(12)2-6(10(8)11)7-4-9(13)16-14-7/h2-4H,13H2,1H3. The van der Waals surface area contributed by atoms with Gasteiger partial charge in [0.2, 0.25) is 5.88 Å². The Hall–Kier alpha value is -1.75. The van der Waals surface area contributed by atoms with Crippen molar-refractivity contribution in [1.82, 2.24) is 5.16 Å². The van der Waals surface area contributed by atoms with E-state index in [0.29, 0.717) is 11.3 Å². The summed E-state index contributed by atoms with van der Waals surface area (Å²) in [5.41, 5.74) is 6.11. The van der Waals surface area contributed by atoms with E-state index in [1.807, 2.05) is 0 Å². The Morgan fingerprint density at radius 1 is 1.44 bits per heavy atom. The summed E-state index contributed by atoms with van der Waals surface area (Å²) in [7, 11) is 1.40. The molecule has 0 atom stereocenters. The van der Waals surface area contributed by atoms with Gasteiger partial charge >= 0.3 is 0 Å². The van der Waals surface area contributed by atoms with E-state index in [2.05, 4.69) is 5.16 Å². The summed E-state index contributed by atoms with van der Waals surface area (Å²) in [6.07, 6.45) is 0. The minimum absolute atomic E-state index is 0.134. The second-order valence-corrected chi connectivity index (χ2v) is 3.46. The first-order valence-corrected chi connectivity index (χ1v) is 4.75. The van der Waals surface area contributed by atoms with E-state index in [9.17, 15) is 4.39 Å². The monoisotopic (exact) mass is 242 g/mol. The average molecular weight is 243 g/mol. The highest BCUT2D eigenvalue weighted by Gasteiger charge is 2.14. The van der Waals surface area contributed by atoms with Crippen molar-refractivity contribution in [2.75, 3.05) is 12.8 Å². The highest BCUT2D eigenvalue weighted by atomic mass is 35.5. The zero-order valence-corrected chi connectivity index (χ0v) is 9.08. The fraction of sp³-hybridized carbons (Fsp3) is 0.100. The van der Waals surface area contributed by atoms with Gasteiger partial charge in [0.15, 0.2) is 0 Å². The van der Waals surface area contributed by atoms with Gasteiger partial charge in [0, 0.05) is 17.7 Å². The van der Waals surface area contributed by atoms with Gasteiger partial charge in [0.25, 0.3) is 0 Å². The topological polar surface area (TPSA) is 61.3 Å². The third kappa shape index (κ3) is 1.81. The Labute approximate surface area is 95.7 Å². The van der Waals surface area contributed by atoms with Crippen molar-refractivity contribution in [2.45, 2.75) is 0 Å². The van der Waals surface area contributed by atoms with Gasteiger partial charge in [-0.1, -0.05) is 16.8 Å². The lowest BCUT2D eigenvalue weighted by Crippen LogP contribution is -1.89. The number of rotatable bonds is 2. The van der Waals surface area contributed by atoms with Gasteiger partial charge in [0.05, 0.1) is 12.1 Å². The van der Waals surface area contributed by atoms with E-state index < -0.39 is 5.82 Å². The zero-order valence-electron chi connectivity index (χ0n) is 8.33. The quantitative estimate of drug-likeness (QED) is 0.880. The van der Waals surface area contributed by atoms with E-state index in [0.717, 1.165) is 0 Å². The molecule has 84 valence electrons. The largest absolute Gasteiger partial charge is 0.495 e. The van der Waals surface area contributed by atoms with Crippen LogP contribution in [0.5, 0.6) is 5.75 Å². The molecule has 0 saturated carbocycles. The van der Waals surface area contributed by atoms with Crippen LogP contribution >= 0.6 is 11.6 Å². The van der Waals surface area contributed by atoms with Crippen LogP contribution in [0.1, 0.15) is 0 Å². The SMILES string of the molecule is COc1cc(F)cc(-c2cc(N)on2)c1Cl. The van der Waals surface area contributed by atoms with E-state index >= 15 is 0 Å². The smallest absolute Gasteiger partial charge is 0.222 e.